The first-order valence-electron chi connectivity index (χ1n) is 3.99. The lowest BCUT2D eigenvalue weighted by Crippen LogP contribution is -2.05. The van der Waals surface area contributed by atoms with Crippen LogP contribution < -0.4 is 16.2 Å². The Morgan fingerprint density at radius 2 is 2.23 bits per heavy atom. The summed E-state index contributed by atoms with van der Waals surface area (Å²) in [7, 11) is 0. The summed E-state index contributed by atoms with van der Waals surface area (Å²) in [5.74, 6) is 0.327. The summed E-state index contributed by atoms with van der Waals surface area (Å²) in [5, 5.41) is 8.51. The van der Waals surface area contributed by atoms with Gasteiger partial charge in [0.1, 0.15) is 5.69 Å². The molecule has 0 bridgehead atoms. The zero-order valence-corrected chi connectivity index (χ0v) is 7.23. The minimum Gasteiger partial charge on any atom is -0.476 e. The molecule has 0 aliphatic carbocycles. The minimum atomic E-state index is 0.0855. The van der Waals surface area contributed by atoms with Gasteiger partial charge in [-0.2, -0.15) is 0 Å². The van der Waals surface area contributed by atoms with E-state index in [4.69, 9.17) is 21.3 Å². The molecule has 0 unspecified atom stereocenters. The average Bonchev–Trinajstić information content (AvgIpc) is 2.13. The summed E-state index contributed by atoms with van der Waals surface area (Å²) in [6.45, 7) is 0.472. The fourth-order valence-electron chi connectivity index (χ4n) is 0.816. The first kappa shape index (κ1) is 9.60. The van der Waals surface area contributed by atoms with Gasteiger partial charge in [0.15, 0.2) is 0 Å². The van der Waals surface area contributed by atoms with Crippen molar-refractivity contribution in [2.45, 2.75) is 6.42 Å². The molecule has 0 aromatic carbocycles. The molecule has 13 heavy (non-hydrogen) atoms. The van der Waals surface area contributed by atoms with E-state index in [2.05, 4.69) is 4.98 Å². The standard InChI is InChI=1S/C8H13N3O2/c9-6-2-3-11-8(7(6)10)13-5-1-4-12/h2-3,12H,1,4-5,10H2,(H2,9,11). The van der Waals surface area contributed by atoms with Crippen molar-refractivity contribution in [3.8, 4) is 5.88 Å². The van der Waals surface area contributed by atoms with Crippen molar-refractivity contribution in [1.29, 1.82) is 0 Å². The van der Waals surface area contributed by atoms with E-state index in [9.17, 15) is 0 Å². The lowest BCUT2D eigenvalue weighted by molar-refractivity contribution is 0.230. The maximum Gasteiger partial charge on any atom is 0.239 e. The highest BCUT2D eigenvalue weighted by atomic mass is 16.5. The fraction of sp³-hybridized carbons (Fsp3) is 0.375. The predicted octanol–water partition coefficient (Wildman–Crippen LogP) is 0.00720. The number of hydrogen-bond donors (Lipinski definition) is 3. The molecule has 0 spiro atoms. The van der Waals surface area contributed by atoms with Crippen molar-refractivity contribution >= 4 is 11.4 Å². The van der Waals surface area contributed by atoms with Gasteiger partial charge >= 0.3 is 0 Å². The molecule has 0 atom stereocenters. The summed E-state index contributed by atoms with van der Waals surface area (Å²) in [6, 6.07) is 1.61. The number of anilines is 2. The first-order valence-corrected chi connectivity index (χ1v) is 3.99. The van der Waals surface area contributed by atoms with Crippen molar-refractivity contribution < 1.29 is 9.84 Å². The second-order valence-corrected chi connectivity index (χ2v) is 2.54. The van der Waals surface area contributed by atoms with Gasteiger partial charge in [-0.15, -0.1) is 0 Å². The van der Waals surface area contributed by atoms with E-state index < -0.39 is 0 Å². The quantitative estimate of drug-likeness (QED) is 0.571. The molecule has 0 aliphatic heterocycles. The molecule has 0 amide bonds. The average molecular weight is 183 g/mol. The first-order chi connectivity index (χ1) is 6.25. The zero-order chi connectivity index (χ0) is 9.68. The summed E-state index contributed by atoms with van der Waals surface area (Å²) < 4.78 is 5.18. The third-order valence-corrected chi connectivity index (χ3v) is 1.53. The van der Waals surface area contributed by atoms with E-state index in [1.807, 2.05) is 0 Å². The summed E-state index contributed by atoms with van der Waals surface area (Å²) in [5.41, 5.74) is 11.9. The molecule has 1 heterocycles. The Hall–Kier alpha value is -1.49. The molecule has 5 N–H and O–H groups in total. The zero-order valence-electron chi connectivity index (χ0n) is 7.23. The largest absolute Gasteiger partial charge is 0.476 e. The number of rotatable bonds is 4. The van der Waals surface area contributed by atoms with Crippen molar-refractivity contribution in [3.05, 3.63) is 12.3 Å². The van der Waals surface area contributed by atoms with Crippen LogP contribution in [0.15, 0.2) is 12.3 Å². The van der Waals surface area contributed by atoms with E-state index in [0.717, 1.165) is 0 Å². The number of aromatic nitrogens is 1. The van der Waals surface area contributed by atoms with Crippen LogP contribution in [0.25, 0.3) is 0 Å². The van der Waals surface area contributed by atoms with Gasteiger partial charge in [0.2, 0.25) is 5.88 Å². The molecule has 1 aromatic heterocycles. The number of ether oxygens (including phenoxy) is 1. The summed E-state index contributed by atoms with van der Waals surface area (Å²) in [4.78, 5) is 3.90. The number of aliphatic hydroxyl groups excluding tert-OH is 1. The molecule has 0 saturated carbocycles. The van der Waals surface area contributed by atoms with Crippen LogP contribution in [0.3, 0.4) is 0 Å². The third-order valence-electron chi connectivity index (χ3n) is 1.53. The van der Waals surface area contributed by atoms with Gasteiger partial charge in [-0.05, 0) is 6.07 Å². The van der Waals surface area contributed by atoms with Crippen LogP contribution in [-0.4, -0.2) is 23.3 Å². The van der Waals surface area contributed by atoms with E-state index in [0.29, 0.717) is 30.3 Å². The molecular formula is C8H13N3O2. The predicted molar refractivity (Wildman–Crippen MR) is 50.3 cm³/mol. The summed E-state index contributed by atoms with van der Waals surface area (Å²) >= 11 is 0. The molecule has 72 valence electrons. The molecular weight excluding hydrogens is 170 g/mol. The number of nitrogens with two attached hydrogens (primary N) is 2. The molecule has 1 aromatic rings. The second-order valence-electron chi connectivity index (χ2n) is 2.54. The van der Waals surface area contributed by atoms with Gasteiger partial charge in [0.25, 0.3) is 0 Å². The Bertz CT molecular complexity index is 278. The maximum absolute atomic E-state index is 8.51. The number of nitrogens with zero attached hydrogens (tertiary/aromatic N) is 1. The lowest BCUT2D eigenvalue weighted by atomic mass is 10.3. The van der Waals surface area contributed by atoms with Gasteiger partial charge < -0.3 is 21.3 Å². The van der Waals surface area contributed by atoms with E-state index in [1.165, 1.54) is 6.20 Å². The van der Waals surface area contributed by atoms with Gasteiger partial charge in [-0.3, -0.25) is 0 Å². The highest BCUT2D eigenvalue weighted by molar-refractivity contribution is 5.67. The molecule has 0 aliphatic rings. The van der Waals surface area contributed by atoms with Crippen LogP contribution in [0, 0.1) is 0 Å². The Kier molecular flexibility index (Phi) is 3.33. The third kappa shape index (κ3) is 2.48. The monoisotopic (exact) mass is 183 g/mol. The topological polar surface area (TPSA) is 94.4 Å². The Labute approximate surface area is 76.3 Å². The van der Waals surface area contributed by atoms with Gasteiger partial charge in [-0.25, -0.2) is 4.98 Å². The smallest absolute Gasteiger partial charge is 0.239 e. The Morgan fingerprint density at radius 1 is 1.46 bits per heavy atom. The number of nitrogen functional groups attached to an aromatic ring is 2. The Balaban J connectivity index is 2.61. The van der Waals surface area contributed by atoms with E-state index in [1.54, 1.807) is 6.07 Å². The van der Waals surface area contributed by atoms with Crippen LogP contribution in [0.4, 0.5) is 11.4 Å². The fourth-order valence-corrected chi connectivity index (χ4v) is 0.816. The van der Waals surface area contributed by atoms with E-state index in [-0.39, 0.29) is 6.61 Å². The number of aliphatic hydroxyl groups is 1. The summed E-state index contributed by atoms with van der Waals surface area (Å²) in [6.07, 6.45) is 2.08. The normalized spacial score (nSPS) is 9.92. The number of hydrogen-bond acceptors (Lipinski definition) is 5. The maximum atomic E-state index is 8.51. The molecule has 5 nitrogen and oxygen atoms in total. The van der Waals surface area contributed by atoms with Gasteiger partial charge in [0.05, 0.1) is 12.3 Å². The van der Waals surface area contributed by atoms with E-state index >= 15 is 0 Å². The van der Waals surface area contributed by atoms with Crippen LogP contribution in [0.5, 0.6) is 5.88 Å². The minimum absolute atomic E-state index is 0.0855. The van der Waals surface area contributed by atoms with Crippen LogP contribution in [0.2, 0.25) is 0 Å². The SMILES string of the molecule is Nc1ccnc(OCCCO)c1N. The molecule has 0 fully saturated rings. The molecule has 5 heteroatoms. The van der Waals surface area contributed by atoms with Crippen LogP contribution in [-0.2, 0) is 0 Å². The second kappa shape index (κ2) is 4.51. The van der Waals surface area contributed by atoms with Crippen molar-refractivity contribution in [2.24, 2.45) is 0 Å². The lowest BCUT2D eigenvalue weighted by Gasteiger charge is -2.07. The highest BCUT2D eigenvalue weighted by Crippen LogP contribution is 2.23. The van der Waals surface area contributed by atoms with Gasteiger partial charge in [0, 0.05) is 19.2 Å². The Morgan fingerprint density at radius 3 is 2.92 bits per heavy atom. The molecule has 1 rings (SSSR count). The molecule has 0 saturated heterocycles. The van der Waals surface area contributed by atoms with Crippen LogP contribution in [0.1, 0.15) is 6.42 Å². The van der Waals surface area contributed by atoms with Crippen LogP contribution >= 0.6 is 0 Å². The van der Waals surface area contributed by atoms with Crippen molar-refractivity contribution in [2.75, 3.05) is 24.7 Å². The molecule has 0 radical (unpaired) electrons. The van der Waals surface area contributed by atoms with Crippen molar-refractivity contribution in [3.63, 3.8) is 0 Å². The highest BCUT2D eigenvalue weighted by Gasteiger charge is 2.03. The van der Waals surface area contributed by atoms with Gasteiger partial charge in [-0.1, -0.05) is 0 Å². The number of pyridine rings is 1. The van der Waals surface area contributed by atoms with Crippen molar-refractivity contribution in [1.82, 2.24) is 4.98 Å².